The molecule has 2 aromatic carbocycles. The molecule has 0 aromatic heterocycles. The van der Waals surface area contributed by atoms with Gasteiger partial charge in [-0.15, -0.1) is 0 Å². The van der Waals surface area contributed by atoms with E-state index in [9.17, 15) is 12.8 Å². The van der Waals surface area contributed by atoms with Crippen LogP contribution < -0.4 is 9.46 Å². The van der Waals surface area contributed by atoms with Crippen LogP contribution in [0.4, 0.5) is 4.39 Å². The predicted molar refractivity (Wildman–Crippen MR) is 83.0 cm³/mol. The molecule has 0 radical (unpaired) electrons. The second kappa shape index (κ2) is 6.89. The molecule has 2 aromatic rings. The van der Waals surface area contributed by atoms with E-state index < -0.39 is 10.0 Å². The Labute approximate surface area is 130 Å². The fourth-order valence-electron chi connectivity index (χ4n) is 2.08. The minimum atomic E-state index is -3.57. The molecule has 0 bridgehead atoms. The van der Waals surface area contributed by atoms with Crippen LogP contribution in [0.2, 0.25) is 0 Å². The van der Waals surface area contributed by atoms with Crippen LogP contribution in [0.3, 0.4) is 0 Å². The molecule has 118 valence electrons. The molecule has 6 heteroatoms. The first-order valence-electron chi connectivity index (χ1n) is 6.81. The van der Waals surface area contributed by atoms with Crippen LogP contribution in [0, 0.1) is 12.7 Å². The van der Waals surface area contributed by atoms with E-state index in [1.54, 1.807) is 31.2 Å². The molecule has 0 heterocycles. The van der Waals surface area contributed by atoms with Crippen molar-refractivity contribution >= 4 is 10.0 Å². The summed E-state index contributed by atoms with van der Waals surface area (Å²) in [5.74, 6) is 0.336. The molecule has 0 spiro atoms. The molecule has 4 nitrogen and oxygen atoms in total. The lowest BCUT2D eigenvalue weighted by Crippen LogP contribution is -2.26. The highest BCUT2D eigenvalue weighted by atomic mass is 32.2. The molecule has 22 heavy (non-hydrogen) atoms. The summed E-state index contributed by atoms with van der Waals surface area (Å²) in [6.07, 6.45) is 0.495. The molecule has 0 atom stereocenters. The third-order valence-corrected chi connectivity index (χ3v) is 4.75. The monoisotopic (exact) mass is 323 g/mol. The SMILES string of the molecule is COc1ccc(S(=O)(=O)NCCc2ccc(F)cc2)cc1C. The summed E-state index contributed by atoms with van der Waals surface area (Å²) in [7, 11) is -2.03. The minimum absolute atomic E-state index is 0.199. The van der Waals surface area contributed by atoms with Crippen LogP contribution >= 0.6 is 0 Å². The van der Waals surface area contributed by atoms with Crippen molar-refractivity contribution in [1.29, 1.82) is 0 Å². The summed E-state index contributed by atoms with van der Waals surface area (Å²) >= 11 is 0. The lowest BCUT2D eigenvalue weighted by molar-refractivity contribution is 0.411. The Hall–Kier alpha value is -1.92. The van der Waals surface area contributed by atoms with Gasteiger partial charge in [-0.25, -0.2) is 17.5 Å². The van der Waals surface area contributed by atoms with Crippen LogP contribution in [0.15, 0.2) is 47.4 Å². The molecule has 0 aliphatic heterocycles. The van der Waals surface area contributed by atoms with Crippen LogP contribution in [0.5, 0.6) is 5.75 Å². The van der Waals surface area contributed by atoms with Crippen LogP contribution in [-0.4, -0.2) is 22.1 Å². The zero-order valence-electron chi connectivity index (χ0n) is 12.5. The van der Waals surface area contributed by atoms with Gasteiger partial charge in [-0.1, -0.05) is 12.1 Å². The average molecular weight is 323 g/mol. The lowest BCUT2D eigenvalue weighted by atomic mass is 10.1. The number of ether oxygens (including phenoxy) is 1. The van der Waals surface area contributed by atoms with E-state index in [0.29, 0.717) is 12.2 Å². The maximum atomic E-state index is 12.8. The van der Waals surface area contributed by atoms with E-state index >= 15 is 0 Å². The molecule has 0 aliphatic carbocycles. The van der Waals surface area contributed by atoms with Crippen molar-refractivity contribution in [1.82, 2.24) is 4.72 Å². The zero-order valence-corrected chi connectivity index (χ0v) is 13.3. The standard InChI is InChI=1S/C16H18FNO3S/c1-12-11-15(7-8-16(12)21-2)22(19,20)18-10-9-13-3-5-14(17)6-4-13/h3-8,11,18H,9-10H2,1-2H3. The van der Waals surface area contributed by atoms with E-state index in [-0.39, 0.29) is 17.3 Å². The van der Waals surface area contributed by atoms with Crippen molar-refractivity contribution in [2.24, 2.45) is 0 Å². The molecule has 0 amide bonds. The number of halogens is 1. The topological polar surface area (TPSA) is 55.4 Å². The third-order valence-electron chi connectivity index (χ3n) is 3.30. The largest absolute Gasteiger partial charge is 0.496 e. The average Bonchev–Trinajstić information content (AvgIpc) is 2.49. The number of methoxy groups -OCH3 is 1. The van der Waals surface area contributed by atoms with E-state index in [4.69, 9.17) is 4.74 Å². The van der Waals surface area contributed by atoms with Crippen molar-refractivity contribution < 1.29 is 17.5 Å². The van der Waals surface area contributed by atoms with E-state index in [0.717, 1.165) is 11.1 Å². The van der Waals surface area contributed by atoms with Crippen LogP contribution in [0.1, 0.15) is 11.1 Å². The summed E-state index contributed by atoms with van der Waals surface area (Å²) in [5.41, 5.74) is 1.62. The molecule has 0 aliphatic rings. The fraction of sp³-hybridized carbons (Fsp3) is 0.250. The minimum Gasteiger partial charge on any atom is -0.496 e. The second-order valence-electron chi connectivity index (χ2n) is 4.91. The zero-order chi connectivity index (χ0) is 16.2. The molecule has 0 saturated carbocycles. The van der Waals surface area contributed by atoms with Crippen LogP contribution in [0.25, 0.3) is 0 Å². The van der Waals surface area contributed by atoms with Crippen molar-refractivity contribution in [2.75, 3.05) is 13.7 Å². The van der Waals surface area contributed by atoms with Crippen molar-refractivity contribution in [2.45, 2.75) is 18.2 Å². The summed E-state index contributed by atoms with van der Waals surface area (Å²) in [5, 5.41) is 0. The second-order valence-corrected chi connectivity index (χ2v) is 6.67. The summed E-state index contributed by atoms with van der Waals surface area (Å²) < 4.78 is 44.9. The Balaban J connectivity index is 2.02. The molecule has 0 saturated heterocycles. The quantitative estimate of drug-likeness (QED) is 0.889. The van der Waals surface area contributed by atoms with Crippen molar-refractivity contribution in [3.63, 3.8) is 0 Å². The lowest BCUT2D eigenvalue weighted by Gasteiger charge is -2.09. The van der Waals surface area contributed by atoms with Gasteiger partial charge < -0.3 is 4.74 Å². The van der Waals surface area contributed by atoms with E-state index in [1.165, 1.54) is 25.3 Å². The van der Waals surface area contributed by atoms with Gasteiger partial charge in [-0.3, -0.25) is 0 Å². The summed E-state index contributed by atoms with van der Waals surface area (Å²) in [6.45, 7) is 2.04. The van der Waals surface area contributed by atoms with Gasteiger partial charge in [0.1, 0.15) is 11.6 Å². The molecular formula is C16H18FNO3S. The first-order valence-corrected chi connectivity index (χ1v) is 8.29. The Bertz CT molecular complexity index is 742. The third kappa shape index (κ3) is 4.05. The van der Waals surface area contributed by atoms with Crippen molar-refractivity contribution in [3.8, 4) is 5.75 Å². The Morgan fingerprint density at radius 3 is 2.41 bits per heavy atom. The van der Waals surface area contributed by atoms with Gasteiger partial charge >= 0.3 is 0 Å². The predicted octanol–water partition coefficient (Wildman–Crippen LogP) is 2.66. The Morgan fingerprint density at radius 1 is 1.14 bits per heavy atom. The van der Waals surface area contributed by atoms with Crippen LogP contribution in [-0.2, 0) is 16.4 Å². The molecule has 0 fully saturated rings. The Kier molecular flexibility index (Phi) is 5.15. The highest BCUT2D eigenvalue weighted by molar-refractivity contribution is 7.89. The van der Waals surface area contributed by atoms with Gasteiger partial charge in [-0.2, -0.15) is 0 Å². The molecule has 2 rings (SSSR count). The number of hydrogen-bond acceptors (Lipinski definition) is 3. The van der Waals surface area contributed by atoms with Gasteiger partial charge in [0.2, 0.25) is 10.0 Å². The van der Waals surface area contributed by atoms with Gasteiger partial charge in [-0.05, 0) is 54.8 Å². The first kappa shape index (κ1) is 16.5. The normalized spacial score (nSPS) is 11.4. The van der Waals surface area contributed by atoms with Crippen molar-refractivity contribution in [3.05, 3.63) is 59.4 Å². The van der Waals surface area contributed by atoms with Gasteiger partial charge in [0.15, 0.2) is 0 Å². The highest BCUT2D eigenvalue weighted by Gasteiger charge is 2.14. The number of nitrogens with one attached hydrogen (secondary N) is 1. The molecular weight excluding hydrogens is 305 g/mol. The highest BCUT2D eigenvalue weighted by Crippen LogP contribution is 2.21. The molecule has 0 unspecified atom stereocenters. The first-order chi connectivity index (χ1) is 10.4. The maximum absolute atomic E-state index is 12.8. The fourth-order valence-corrected chi connectivity index (χ4v) is 3.20. The Morgan fingerprint density at radius 2 is 1.82 bits per heavy atom. The van der Waals surface area contributed by atoms with Gasteiger partial charge in [0, 0.05) is 6.54 Å². The maximum Gasteiger partial charge on any atom is 0.240 e. The number of hydrogen-bond donors (Lipinski definition) is 1. The van der Waals surface area contributed by atoms with Gasteiger partial charge in [0.05, 0.1) is 12.0 Å². The number of rotatable bonds is 6. The number of benzene rings is 2. The summed E-state index contributed by atoms with van der Waals surface area (Å²) in [4.78, 5) is 0.199. The smallest absolute Gasteiger partial charge is 0.240 e. The molecule has 1 N–H and O–H groups in total. The number of sulfonamides is 1. The van der Waals surface area contributed by atoms with E-state index in [1.807, 2.05) is 0 Å². The van der Waals surface area contributed by atoms with E-state index in [2.05, 4.69) is 4.72 Å². The summed E-state index contributed by atoms with van der Waals surface area (Å²) in [6, 6.07) is 10.7. The van der Waals surface area contributed by atoms with Gasteiger partial charge in [0.25, 0.3) is 0 Å². The number of aryl methyl sites for hydroxylation is 1.